The van der Waals surface area contributed by atoms with Crippen molar-refractivity contribution in [2.45, 2.75) is 25.8 Å². The van der Waals surface area contributed by atoms with E-state index in [0.717, 1.165) is 6.07 Å². The second kappa shape index (κ2) is 10.3. The number of aromatic nitrogens is 4. The lowest BCUT2D eigenvalue weighted by Gasteiger charge is -2.19. The predicted octanol–water partition coefficient (Wildman–Crippen LogP) is 2.06. The number of phenols is 1. The molecule has 4 aromatic heterocycles. The first-order valence-corrected chi connectivity index (χ1v) is 12.1. The summed E-state index contributed by atoms with van der Waals surface area (Å²) in [6, 6.07) is 9.11. The molecule has 12 heteroatoms. The minimum absolute atomic E-state index is 0.0777. The number of carbonyl (C=O) groups is 1. The fourth-order valence-corrected chi connectivity index (χ4v) is 4.48. The predicted molar refractivity (Wildman–Crippen MR) is 140 cm³/mol. The highest BCUT2D eigenvalue weighted by Crippen LogP contribution is 2.37. The fraction of sp³-hybridized carbons (Fsp3) is 0.222. The summed E-state index contributed by atoms with van der Waals surface area (Å²) < 4.78 is 13.9. The number of rotatable bonds is 8. The molecule has 0 bridgehead atoms. The zero-order valence-corrected chi connectivity index (χ0v) is 21.1. The number of aryl methyl sites for hydroxylation is 1. The molecular formula is C27H25N5O7. The number of aromatic hydroxyl groups is 2. The van der Waals surface area contributed by atoms with Crippen molar-refractivity contribution in [3.05, 3.63) is 92.6 Å². The van der Waals surface area contributed by atoms with Crippen LogP contribution in [0.2, 0.25) is 0 Å². The standard InChI is InChI=1S/C27H25N5O7/c1-15-11-21(34)25(36)26(39-15)17(16-3-4-20(33)22(12-16)38-2)13-24(35)28-8-10-31-9-6-19-18(27(31)37)14-29-23-5-7-30-32(19)23/h3-7,9,11-12,14,17,33,36H,8,10,13H2,1-2H3,(H,28,35)/t17-/m1/s1. The van der Waals surface area contributed by atoms with Crippen LogP contribution in [0.25, 0.3) is 16.6 Å². The maximum absolute atomic E-state index is 13.0. The molecule has 0 aliphatic rings. The van der Waals surface area contributed by atoms with E-state index in [1.165, 1.54) is 30.0 Å². The van der Waals surface area contributed by atoms with Gasteiger partial charge < -0.3 is 29.3 Å². The highest BCUT2D eigenvalue weighted by molar-refractivity contribution is 5.79. The Labute approximate surface area is 220 Å². The average Bonchev–Trinajstić information content (AvgIpc) is 3.40. The summed E-state index contributed by atoms with van der Waals surface area (Å²) in [4.78, 5) is 42.5. The van der Waals surface area contributed by atoms with Gasteiger partial charge >= 0.3 is 0 Å². The lowest BCUT2D eigenvalue weighted by molar-refractivity contribution is -0.121. The van der Waals surface area contributed by atoms with Crippen LogP contribution in [0.15, 0.2) is 69.0 Å². The van der Waals surface area contributed by atoms with Crippen LogP contribution in [-0.2, 0) is 11.3 Å². The first kappa shape index (κ1) is 25.5. The Kier molecular flexibility index (Phi) is 6.75. The monoisotopic (exact) mass is 531 g/mol. The van der Waals surface area contributed by atoms with Gasteiger partial charge in [0.25, 0.3) is 5.56 Å². The van der Waals surface area contributed by atoms with Crippen LogP contribution in [0, 0.1) is 6.92 Å². The Bertz CT molecular complexity index is 1820. The van der Waals surface area contributed by atoms with Crippen LogP contribution in [0.1, 0.15) is 29.4 Å². The van der Waals surface area contributed by atoms with E-state index in [1.807, 2.05) is 0 Å². The van der Waals surface area contributed by atoms with Crippen molar-refractivity contribution in [2.24, 2.45) is 0 Å². The fourth-order valence-electron chi connectivity index (χ4n) is 4.48. The van der Waals surface area contributed by atoms with E-state index in [4.69, 9.17) is 9.15 Å². The molecular weight excluding hydrogens is 506 g/mol. The Morgan fingerprint density at radius 1 is 1.18 bits per heavy atom. The number of pyridine rings is 1. The van der Waals surface area contributed by atoms with Gasteiger partial charge in [0.2, 0.25) is 17.1 Å². The van der Waals surface area contributed by atoms with Crippen LogP contribution in [0.5, 0.6) is 17.2 Å². The number of ether oxygens (including phenoxy) is 1. The van der Waals surface area contributed by atoms with Gasteiger partial charge in [-0.1, -0.05) is 6.07 Å². The Balaban J connectivity index is 1.36. The lowest BCUT2D eigenvalue weighted by Crippen LogP contribution is -2.31. The van der Waals surface area contributed by atoms with E-state index in [-0.39, 0.29) is 48.1 Å². The minimum atomic E-state index is -0.863. The van der Waals surface area contributed by atoms with Crippen molar-refractivity contribution in [3.63, 3.8) is 0 Å². The maximum Gasteiger partial charge on any atom is 0.261 e. The molecule has 0 saturated heterocycles. The number of phenolic OH excluding ortho intramolecular Hbond substituents is 1. The highest BCUT2D eigenvalue weighted by Gasteiger charge is 2.26. The number of methoxy groups -OCH3 is 1. The Morgan fingerprint density at radius 2 is 2.00 bits per heavy atom. The number of nitrogens with zero attached hydrogens (tertiary/aromatic N) is 4. The maximum atomic E-state index is 13.0. The molecule has 200 valence electrons. The van der Waals surface area contributed by atoms with Gasteiger partial charge in [0.15, 0.2) is 22.9 Å². The summed E-state index contributed by atoms with van der Waals surface area (Å²) >= 11 is 0. The first-order valence-electron chi connectivity index (χ1n) is 12.1. The van der Waals surface area contributed by atoms with E-state index < -0.39 is 23.0 Å². The lowest BCUT2D eigenvalue weighted by atomic mass is 9.91. The molecule has 0 aliphatic heterocycles. The zero-order valence-electron chi connectivity index (χ0n) is 21.1. The third-order valence-electron chi connectivity index (χ3n) is 6.42. The molecule has 39 heavy (non-hydrogen) atoms. The Morgan fingerprint density at radius 3 is 2.79 bits per heavy atom. The van der Waals surface area contributed by atoms with Crippen molar-refractivity contribution in [3.8, 4) is 17.2 Å². The van der Waals surface area contributed by atoms with Gasteiger partial charge in [0.1, 0.15) is 5.76 Å². The largest absolute Gasteiger partial charge is 0.504 e. The van der Waals surface area contributed by atoms with Crippen molar-refractivity contribution in [1.29, 1.82) is 0 Å². The molecule has 4 heterocycles. The van der Waals surface area contributed by atoms with E-state index >= 15 is 0 Å². The van der Waals surface area contributed by atoms with Crippen LogP contribution in [0.4, 0.5) is 0 Å². The van der Waals surface area contributed by atoms with Crippen molar-refractivity contribution in [1.82, 2.24) is 24.5 Å². The van der Waals surface area contributed by atoms with Gasteiger partial charge in [0, 0.05) is 44.0 Å². The van der Waals surface area contributed by atoms with Gasteiger partial charge in [-0.3, -0.25) is 14.4 Å². The third-order valence-corrected chi connectivity index (χ3v) is 6.42. The summed E-state index contributed by atoms with van der Waals surface area (Å²) in [7, 11) is 1.38. The van der Waals surface area contributed by atoms with Crippen molar-refractivity contribution >= 4 is 22.5 Å². The number of hydrogen-bond acceptors (Lipinski definition) is 9. The molecule has 1 amide bonds. The SMILES string of the molecule is COc1cc([C@@H](CC(=O)NCCn2ccc3c(cnc4ccnn43)c2=O)c2oc(C)cc(=O)c2O)ccc1O. The quantitative estimate of drug-likeness (QED) is 0.272. The molecule has 0 fully saturated rings. The van der Waals surface area contributed by atoms with Crippen LogP contribution < -0.4 is 21.0 Å². The second-order valence-electron chi connectivity index (χ2n) is 8.94. The van der Waals surface area contributed by atoms with E-state index in [9.17, 15) is 24.6 Å². The van der Waals surface area contributed by atoms with Gasteiger partial charge in [-0.05, 0) is 30.7 Å². The summed E-state index contributed by atoms with van der Waals surface area (Å²) in [5.74, 6) is -1.64. The topological polar surface area (TPSA) is 161 Å². The average molecular weight is 532 g/mol. The van der Waals surface area contributed by atoms with E-state index in [1.54, 1.807) is 42.0 Å². The number of amides is 1. The number of carbonyl (C=O) groups excluding carboxylic acids is 1. The number of nitrogens with one attached hydrogen (secondary N) is 1. The van der Waals surface area contributed by atoms with Gasteiger partial charge in [-0.2, -0.15) is 5.10 Å². The Hall–Kier alpha value is -5.13. The summed E-state index contributed by atoms with van der Waals surface area (Å²) in [5, 5.41) is 27.8. The van der Waals surface area contributed by atoms with E-state index in [0.29, 0.717) is 22.1 Å². The summed E-state index contributed by atoms with van der Waals surface area (Å²) in [6.45, 7) is 1.89. The molecule has 1 aromatic carbocycles. The molecule has 0 unspecified atom stereocenters. The van der Waals surface area contributed by atoms with Crippen LogP contribution in [0.3, 0.4) is 0 Å². The normalized spacial score (nSPS) is 12.1. The first-order chi connectivity index (χ1) is 18.8. The zero-order chi connectivity index (χ0) is 27.7. The molecule has 0 spiro atoms. The number of fused-ring (bicyclic) bond motifs is 3. The number of benzene rings is 1. The van der Waals surface area contributed by atoms with Crippen LogP contribution >= 0.6 is 0 Å². The summed E-state index contributed by atoms with van der Waals surface area (Å²) in [5.41, 5.74) is 0.826. The molecule has 5 rings (SSSR count). The highest BCUT2D eigenvalue weighted by atomic mass is 16.5. The molecule has 1 atom stereocenters. The van der Waals surface area contributed by atoms with Gasteiger partial charge in [-0.15, -0.1) is 0 Å². The molecule has 12 nitrogen and oxygen atoms in total. The second-order valence-corrected chi connectivity index (χ2v) is 8.94. The molecule has 0 aliphatic carbocycles. The van der Waals surface area contributed by atoms with Crippen molar-refractivity contribution < 1.29 is 24.2 Å². The van der Waals surface area contributed by atoms with Gasteiger partial charge in [0.05, 0.1) is 30.1 Å². The molecule has 5 aromatic rings. The third kappa shape index (κ3) is 4.91. The molecule has 0 radical (unpaired) electrons. The minimum Gasteiger partial charge on any atom is -0.504 e. The summed E-state index contributed by atoms with van der Waals surface area (Å²) in [6.07, 6.45) is 4.54. The van der Waals surface area contributed by atoms with E-state index in [2.05, 4.69) is 15.4 Å². The molecule has 0 saturated carbocycles. The number of hydrogen-bond donors (Lipinski definition) is 3. The van der Waals surface area contributed by atoms with Gasteiger partial charge in [-0.25, -0.2) is 9.50 Å². The van der Waals surface area contributed by atoms with Crippen LogP contribution in [-0.4, -0.2) is 48.9 Å². The van der Waals surface area contributed by atoms with Crippen molar-refractivity contribution in [2.75, 3.05) is 13.7 Å². The molecule has 3 N–H and O–H groups in total. The smallest absolute Gasteiger partial charge is 0.261 e.